The molecule has 3 rings (SSSR count). The molecule has 1 aliphatic rings. The van der Waals surface area contributed by atoms with E-state index >= 15 is 0 Å². The lowest BCUT2D eigenvalue weighted by Gasteiger charge is -2.26. The Balaban J connectivity index is 1.43. The summed E-state index contributed by atoms with van der Waals surface area (Å²) in [5.41, 5.74) is 4.05. The average molecular weight is 392 g/mol. The predicted molar refractivity (Wildman–Crippen MR) is 117 cm³/mol. The minimum Gasteiger partial charge on any atom is -0.348 e. The monoisotopic (exact) mass is 391 g/mol. The molecule has 0 spiro atoms. The average Bonchev–Trinajstić information content (AvgIpc) is 2.73. The molecule has 0 aliphatic carbocycles. The van der Waals surface area contributed by atoms with Crippen molar-refractivity contribution < 1.29 is 9.59 Å². The zero-order chi connectivity index (χ0) is 20.5. The molecule has 152 valence electrons. The summed E-state index contributed by atoms with van der Waals surface area (Å²) in [4.78, 5) is 25.6. The number of carbonyl (C=O) groups is 2. The van der Waals surface area contributed by atoms with Gasteiger partial charge in [0.15, 0.2) is 0 Å². The van der Waals surface area contributed by atoms with E-state index in [-0.39, 0.29) is 11.8 Å². The number of carbonyl (C=O) groups excluding carboxylic acids is 2. The van der Waals surface area contributed by atoms with E-state index in [0.29, 0.717) is 6.54 Å². The summed E-state index contributed by atoms with van der Waals surface area (Å²) in [7, 11) is 0. The molecule has 2 aromatic rings. The molecule has 29 heavy (non-hydrogen) atoms. The fourth-order valence-electron chi connectivity index (χ4n) is 3.44. The summed E-state index contributed by atoms with van der Waals surface area (Å²) in [5.74, 6) is -0.236. The summed E-state index contributed by atoms with van der Waals surface area (Å²) in [6.07, 6.45) is 7.24. The fourth-order valence-corrected chi connectivity index (χ4v) is 3.44. The van der Waals surface area contributed by atoms with Gasteiger partial charge >= 0.3 is 0 Å². The number of amides is 2. The van der Waals surface area contributed by atoms with Crippen molar-refractivity contribution in [3.8, 4) is 0 Å². The van der Waals surface area contributed by atoms with E-state index in [4.69, 9.17) is 0 Å². The number of anilines is 1. The van der Waals surface area contributed by atoms with Gasteiger partial charge in [0.1, 0.15) is 0 Å². The van der Waals surface area contributed by atoms with Crippen molar-refractivity contribution in [2.24, 2.45) is 0 Å². The maximum atomic E-state index is 12.1. The van der Waals surface area contributed by atoms with Crippen molar-refractivity contribution in [3.05, 3.63) is 71.3 Å². The molecule has 1 aliphatic heterocycles. The van der Waals surface area contributed by atoms with Crippen LogP contribution in [-0.2, 0) is 22.7 Å². The Hall–Kier alpha value is -2.92. The molecule has 0 atom stereocenters. The molecule has 0 unspecified atom stereocenters. The first-order chi connectivity index (χ1) is 14.1. The van der Waals surface area contributed by atoms with Gasteiger partial charge in [-0.3, -0.25) is 14.5 Å². The molecule has 1 saturated heterocycles. The van der Waals surface area contributed by atoms with E-state index in [9.17, 15) is 9.59 Å². The van der Waals surface area contributed by atoms with Crippen molar-refractivity contribution in [1.82, 2.24) is 10.2 Å². The van der Waals surface area contributed by atoms with E-state index < -0.39 is 0 Å². The van der Waals surface area contributed by atoms with Crippen LogP contribution >= 0.6 is 0 Å². The summed E-state index contributed by atoms with van der Waals surface area (Å²) >= 11 is 0. The Morgan fingerprint density at radius 3 is 2.24 bits per heavy atom. The van der Waals surface area contributed by atoms with E-state index in [1.165, 1.54) is 50.9 Å². The summed E-state index contributed by atoms with van der Waals surface area (Å²) in [6, 6.07) is 15.8. The lowest BCUT2D eigenvalue weighted by Crippen LogP contribution is -2.29. The fraction of sp³-hybridized carbons (Fsp3) is 0.333. The SMILES string of the molecule is CC(=O)Nc1ccc(/C=C/C(=O)NCc2ccc(CN3CCCCC3)cc2)cc1. The molecule has 1 fully saturated rings. The lowest BCUT2D eigenvalue weighted by molar-refractivity contribution is -0.116. The molecule has 0 saturated carbocycles. The first kappa shape index (κ1) is 20.8. The second kappa shape index (κ2) is 10.6. The highest BCUT2D eigenvalue weighted by Crippen LogP contribution is 2.14. The van der Waals surface area contributed by atoms with E-state index in [0.717, 1.165) is 23.4 Å². The van der Waals surface area contributed by atoms with Crippen LogP contribution in [-0.4, -0.2) is 29.8 Å². The third-order valence-electron chi connectivity index (χ3n) is 5.00. The number of piperidine rings is 1. The summed E-state index contributed by atoms with van der Waals surface area (Å²) in [6.45, 7) is 5.38. The smallest absolute Gasteiger partial charge is 0.244 e. The van der Waals surface area contributed by atoms with Crippen LogP contribution < -0.4 is 10.6 Å². The van der Waals surface area contributed by atoms with Gasteiger partial charge in [-0.15, -0.1) is 0 Å². The molecule has 2 N–H and O–H groups in total. The van der Waals surface area contributed by atoms with Gasteiger partial charge in [-0.1, -0.05) is 42.8 Å². The van der Waals surface area contributed by atoms with Gasteiger partial charge in [-0.05, 0) is 60.8 Å². The largest absolute Gasteiger partial charge is 0.348 e. The topological polar surface area (TPSA) is 61.4 Å². The first-order valence-corrected chi connectivity index (χ1v) is 10.2. The number of hydrogen-bond acceptors (Lipinski definition) is 3. The molecule has 0 bridgehead atoms. The van der Waals surface area contributed by atoms with Gasteiger partial charge in [-0.2, -0.15) is 0 Å². The molecule has 5 heteroatoms. The Morgan fingerprint density at radius 2 is 1.59 bits per heavy atom. The van der Waals surface area contributed by atoms with Crippen LogP contribution in [0.15, 0.2) is 54.6 Å². The maximum absolute atomic E-state index is 12.1. The number of hydrogen-bond donors (Lipinski definition) is 2. The second-order valence-corrected chi connectivity index (χ2v) is 7.51. The van der Waals surface area contributed by atoms with Crippen molar-refractivity contribution in [3.63, 3.8) is 0 Å². The minimum absolute atomic E-state index is 0.104. The van der Waals surface area contributed by atoms with Gasteiger partial charge < -0.3 is 10.6 Å². The standard InChI is InChI=1S/C24H29N3O2/c1-19(28)26-23-12-9-20(10-13-23)11-14-24(29)25-17-21-5-7-22(8-6-21)18-27-15-3-2-4-16-27/h5-14H,2-4,15-18H2,1H3,(H,25,29)(H,26,28)/b14-11+. The highest BCUT2D eigenvalue weighted by Gasteiger charge is 2.10. The van der Waals surface area contributed by atoms with Crippen molar-refractivity contribution >= 4 is 23.6 Å². The maximum Gasteiger partial charge on any atom is 0.244 e. The van der Waals surface area contributed by atoms with Gasteiger partial charge in [0, 0.05) is 31.8 Å². The van der Waals surface area contributed by atoms with E-state index in [2.05, 4.69) is 39.8 Å². The van der Waals surface area contributed by atoms with Crippen LogP contribution in [0.2, 0.25) is 0 Å². The number of benzene rings is 2. The number of rotatable bonds is 7. The van der Waals surface area contributed by atoms with Crippen LogP contribution in [0, 0.1) is 0 Å². The van der Waals surface area contributed by atoms with Gasteiger partial charge in [-0.25, -0.2) is 0 Å². The number of nitrogens with one attached hydrogen (secondary N) is 2. The Morgan fingerprint density at radius 1 is 0.931 bits per heavy atom. The van der Waals surface area contributed by atoms with Crippen LogP contribution in [0.5, 0.6) is 0 Å². The second-order valence-electron chi connectivity index (χ2n) is 7.51. The highest BCUT2D eigenvalue weighted by atomic mass is 16.2. The van der Waals surface area contributed by atoms with Crippen LogP contribution in [0.4, 0.5) is 5.69 Å². The number of nitrogens with zero attached hydrogens (tertiary/aromatic N) is 1. The Bertz CT molecular complexity index is 835. The predicted octanol–water partition coefficient (Wildman–Crippen LogP) is 3.96. The third kappa shape index (κ3) is 7.20. The van der Waals surface area contributed by atoms with E-state index in [1.807, 2.05) is 24.3 Å². The minimum atomic E-state index is -0.131. The zero-order valence-corrected chi connectivity index (χ0v) is 17.0. The third-order valence-corrected chi connectivity index (χ3v) is 5.00. The number of likely N-dealkylation sites (tertiary alicyclic amines) is 1. The normalized spacial score (nSPS) is 14.7. The van der Waals surface area contributed by atoms with Crippen molar-refractivity contribution in [2.75, 3.05) is 18.4 Å². The van der Waals surface area contributed by atoms with E-state index in [1.54, 1.807) is 6.08 Å². The van der Waals surface area contributed by atoms with Crippen LogP contribution in [0.25, 0.3) is 6.08 Å². The zero-order valence-electron chi connectivity index (χ0n) is 17.0. The van der Waals surface area contributed by atoms with Gasteiger partial charge in [0.25, 0.3) is 0 Å². The first-order valence-electron chi connectivity index (χ1n) is 10.2. The summed E-state index contributed by atoms with van der Waals surface area (Å²) in [5, 5.41) is 5.63. The Kier molecular flexibility index (Phi) is 7.59. The van der Waals surface area contributed by atoms with Gasteiger partial charge in [0.05, 0.1) is 0 Å². The molecule has 1 heterocycles. The molecular weight excluding hydrogens is 362 g/mol. The Labute approximate surface area is 172 Å². The molecular formula is C24H29N3O2. The molecule has 0 aromatic heterocycles. The highest BCUT2D eigenvalue weighted by molar-refractivity contribution is 5.92. The lowest BCUT2D eigenvalue weighted by atomic mass is 10.1. The quantitative estimate of drug-likeness (QED) is 0.703. The van der Waals surface area contributed by atoms with Crippen molar-refractivity contribution in [2.45, 2.75) is 39.3 Å². The molecule has 2 amide bonds. The van der Waals surface area contributed by atoms with Gasteiger partial charge in [0.2, 0.25) is 11.8 Å². The molecule has 0 radical (unpaired) electrons. The summed E-state index contributed by atoms with van der Waals surface area (Å²) < 4.78 is 0. The molecule has 5 nitrogen and oxygen atoms in total. The van der Waals surface area contributed by atoms with Crippen LogP contribution in [0.3, 0.4) is 0 Å². The molecule has 2 aromatic carbocycles. The van der Waals surface area contributed by atoms with Crippen LogP contribution in [0.1, 0.15) is 42.9 Å². The van der Waals surface area contributed by atoms with Crippen molar-refractivity contribution in [1.29, 1.82) is 0 Å².